The summed E-state index contributed by atoms with van der Waals surface area (Å²) in [6, 6.07) is 4.12. The van der Waals surface area contributed by atoms with E-state index in [4.69, 9.17) is 9.72 Å². The van der Waals surface area contributed by atoms with Crippen LogP contribution in [0.4, 0.5) is 0 Å². The predicted octanol–water partition coefficient (Wildman–Crippen LogP) is 1.30. The van der Waals surface area contributed by atoms with Crippen molar-refractivity contribution in [1.82, 2.24) is 15.2 Å². The van der Waals surface area contributed by atoms with Gasteiger partial charge in [0, 0.05) is 19.3 Å². The highest BCUT2D eigenvalue weighted by molar-refractivity contribution is 5.82. The van der Waals surface area contributed by atoms with Crippen molar-refractivity contribution in [2.24, 2.45) is 0 Å². The van der Waals surface area contributed by atoms with E-state index < -0.39 is 0 Å². The van der Waals surface area contributed by atoms with Crippen LogP contribution < -0.4 is 5.32 Å². The van der Waals surface area contributed by atoms with E-state index in [-0.39, 0.29) is 18.1 Å². The molecule has 5 nitrogen and oxygen atoms in total. The molecule has 1 saturated heterocycles. The average Bonchev–Trinajstić information content (AvgIpc) is 2.93. The minimum absolute atomic E-state index is 0.0709. The molecule has 2 heterocycles. The molecule has 1 fully saturated rings. The zero-order valence-corrected chi connectivity index (χ0v) is 13.5. The summed E-state index contributed by atoms with van der Waals surface area (Å²) in [4.78, 5) is 19.1. The van der Waals surface area contributed by atoms with E-state index >= 15 is 0 Å². The van der Waals surface area contributed by atoms with Gasteiger partial charge < -0.3 is 10.1 Å². The Bertz CT molecular complexity index is 547. The number of pyridine rings is 1. The summed E-state index contributed by atoms with van der Waals surface area (Å²) in [6.07, 6.45) is 5.61. The second-order valence-electron chi connectivity index (χ2n) is 6.38. The first kappa shape index (κ1) is 15.4. The number of likely N-dealkylation sites (N-methyl/N-ethyl adjacent to an activating group) is 1. The molecule has 120 valence electrons. The molecule has 1 aliphatic carbocycles. The van der Waals surface area contributed by atoms with Gasteiger partial charge in [0.1, 0.15) is 0 Å². The SMILES string of the molecule is CO[C@H]1C[C@@H](C(=O)NCc2ccc3c(n2)CCCC3)N(C)C1. The zero-order chi connectivity index (χ0) is 15.5. The lowest BCUT2D eigenvalue weighted by atomic mass is 9.96. The van der Waals surface area contributed by atoms with Crippen LogP contribution >= 0.6 is 0 Å². The number of rotatable bonds is 4. The number of carbonyl (C=O) groups excluding carboxylic acids is 1. The Morgan fingerprint density at radius 3 is 3.00 bits per heavy atom. The molecule has 2 atom stereocenters. The van der Waals surface area contributed by atoms with E-state index in [9.17, 15) is 4.79 Å². The molecule has 3 rings (SSSR count). The van der Waals surface area contributed by atoms with Crippen molar-refractivity contribution in [2.45, 2.75) is 50.8 Å². The maximum atomic E-state index is 12.3. The van der Waals surface area contributed by atoms with Crippen molar-refractivity contribution in [2.75, 3.05) is 20.7 Å². The molecule has 0 saturated carbocycles. The second-order valence-corrected chi connectivity index (χ2v) is 6.38. The molecule has 1 aromatic heterocycles. The average molecular weight is 303 g/mol. The van der Waals surface area contributed by atoms with Gasteiger partial charge in [0.2, 0.25) is 5.91 Å². The molecule has 5 heteroatoms. The van der Waals surface area contributed by atoms with Crippen LogP contribution in [0, 0.1) is 0 Å². The maximum absolute atomic E-state index is 12.3. The molecular weight excluding hydrogens is 278 g/mol. The van der Waals surface area contributed by atoms with Gasteiger partial charge in [-0.05, 0) is 50.8 Å². The van der Waals surface area contributed by atoms with Crippen LogP contribution in [0.5, 0.6) is 0 Å². The fourth-order valence-corrected chi connectivity index (χ4v) is 3.45. The number of carbonyl (C=O) groups is 1. The Hall–Kier alpha value is -1.46. The summed E-state index contributed by atoms with van der Waals surface area (Å²) in [5, 5.41) is 3.02. The van der Waals surface area contributed by atoms with E-state index in [2.05, 4.69) is 16.3 Å². The van der Waals surface area contributed by atoms with Gasteiger partial charge in [0.25, 0.3) is 0 Å². The third-order valence-electron chi connectivity index (χ3n) is 4.83. The Morgan fingerprint density at radius 2 is 2.23 bits per heavy atom. The lowest BCUT2D eigenvalue weighted by molar-refractivity contribution is -0.125. The number of hydrogen-bond donors (Lipinski definition) is 1. The lowest BCUT2D eigenvalue weighted by Gasteiger charge is -2.19. The first-order chi connectivity index (χ1) is 10.7. The smallest absolute Gasteiger partial charge is 0.237 e. The first-order valence-corrected chi connectivity index (χ1v) is 8.16. The van der Waals surface area contributed by atoms with Crippen LogP contribution in [0.25, 0.3) is 0 Å². The van der Waals surface area contributed by atoms with Gasteiger partial charge in [-0.3, -0.25) is 14.7 Å². The predicted molar refractivity (Wildman–Crippen MR) is 84.6 cm³/mol. The van der Waals surface area contributed by atoms with Gasteiger partial charge in [-0.1, -0.05) is 6.07 Å². The molecule has 0 unspecified atom stereocenters. The number of amides is 1. The fraction of sp³-hybridized carbons (Fsp3) is 0.647. The number of aryl methyl sites for hydroxylation is 2. The van der Waals surface area contributed by atoms with E-state index in [0.717, 1.165) is 31.5 Å². The van der Waals surface area contributed by atoms with Crippen LogP contribution in [-0.4, -0.2) is 48.6 Å². The summed E-state index contributed by atoms with van der Waals surface area (Å²) in [7, 11) is 3.68. The maximum Gasteiger partial charge on any atom is 0.237 e. The highest BCUT2D eigenvalue weighted by Crippen LogP contribution is 2.20. The minimum Gasteiger partial charge on any atom is -0.380 e. The molecule has 2 aliphatic rings. The summed E-state index contributed by atoms with van der Waals surface area (Å²) >= 11 is 0. The number of aromatic nitrogens is 1. The van der Waals surface area contributed by atoms with Gasteiger partial charge in [-0.15, -0.1) is 0 Å². The van der Waals surface area contributed by atoms with Crippen molar-refractivity contribution >= 4 is 5.91 Å². The Morgan fingerprint density at radius 1 is 1.41 bits per heavy atom. The van der Waals surface area contributed by atoms with Crippen molar-refractivity contribution in [1.29, 1.82) is 0 Å². The van der Waals surface area contributed by atoms with Crippen LogP contribution in [-0.2, 0) is 28.9 Å². The molecule has 0 aromatic carbocycles. The van der Waals surface area contributed by atoms with Crippen LogP contribution in [0.1, 0.15) is 36.2 Å². The van der Waals surface area contributed by atoms with Crippen molar-refractivity contribution < 1.29 is 9.53 Å². The van der Waals surface area contributed by atoms with Crippen LogP contribution in [0.3, 0.4) is 0 Å². The summed E-state index contributed by atoms with van der Waals surface area (Å²) < 4.78 is 5.35. The van der Waals surface area contributed by atoms with E-state index in [1.54, 1.807) is 7.11 Å². The first-order valence-electron chi connectivity index (χ1n) is 8.16. The van der Waals surface area contributed by atoms with Gasteiger partial charge in [0.15, 0.2) is 0 Å². The topological polar surface area (TPSA) is 54.5 Å². The fourth-order valence-electron chi connectivity index (χ4n) is 3.45. The summed E-state index contributed by atoms with van der Waals surface area (Å²) in [5.41, 5.74) is 3.55. The monoisotopic (exact) mass is 303 g/mol. The Labute approximate surface area is 132 Å². The highest BCUT2D eigenvalue weighted by Gasteiger charge is 2.34. The number of fused-ring (bicyclic) bond motifs is 1. The molecule has 1 N–H and O–H groups in total. The number of methoxy groups -OCH3 is 1. The number of ether oxygens (including phenoxy) is 1. The molecule has 22 heavy (non-hydrogen) atoms. The number of likely N-dealkylation sites (tertiary alicyclic amines) is 1. The summed E-state index contributed by atoms with van der Waals surface area (Å²) in [5.74, 6) is 0.0709. The molecule has 1 aromatic rings. The number of nitrogens with one attached hydrogen (secondary N) is 1. The zero-order valence-electron chi connectivity index (χ0n) is 13.5. The van der Waals surface area contributed by atoms with Crippen molar-refractivity contribution in [3.05, 3.63) is 29.1 Å². The number of hydrogen-bond acceptors (Lipinski definition) is 4. The third kappa shape index (κ3) is 3.31. The van der Waals surface area contributed by atoms with E-state index in [1.807, 2.05) is 13.1 Å². The second kappa shape index (κ2) is 6.75. The highest BCUT2D eigenvalue weighted by atomic mass is 16.5. The molecule has 1 aliphatic heterocycles. The third-order valence-corrected chi connectivity index (χ3v) is 4.83. The van der Waals surface area contributed by atoms with Gasteiger partial charge in [0.05, 0.1) is 24.4 Å². The Kier molecular flexibility index (Phi) is 4.74. The van der Waals surface area contributed by atoms with E-state index in [1.165, 1.54) is 24.1 Å². The van der Waals surface area contributed by atoms with Crippen LogP contribution in [0.15, 0.2) is 12.1 Å². The lowest BCUT2D eigenvalue weighted by Crippen LogP contribution is -2.41. The van der Waals surface area contributed by atoms with Gasteiger partial charge in [-0.2, -0.15) is 0 Å². The van der Waals surface area contributed by atoms with Crippen LogP contribution in [0.2, 0.25) is 0 Å². The molecule has 0 radical (unpaired) electrons. The summed E-state index contributed by atoms with van der Waals surface area (Å²) in [6.45, 7) is 1.32. The molecular formula is C17H25N3O2. The van der Waals surface area contributed by atoms with Gasteiger partial charge >= 0.3 is 0 Å². The number of nitrogens with zero attached hydrogens (tertiary/aromatic N) is 2. The standard InChI is InChI=1S/C17H25N3O2/c1-20-11-14(22-2)9-16(20)17(21)18-10-13-8-7-12-5-3-4-6-15(12)19-13/h7-8,14,16H,3-6,9-11H2,1-2H3,(H,18,21)/t14-,16-/m0/s1. The Balaban J connectivity index is 1.57. The normalized spacial score (nSPS) is 25.0. The van der Waals surface area contributed by atoms with Gasteiger partial charge in [-0.25, -0.2) is 0 Å². The minimum atomic E-state index is -0.0948. The largest absolute Gasteiger partial charge is 0.380 e. The van der Waals surface area contributed by atoms with Crippen molar-refractivity contribution in [3.8, 4) is 0 Å². The van der Waals surface area contributed by atoms with E-state index in [0.29, 0.717) is 6.54 Å². The quantitative estimate of drug-likeness (QED) is 0.911. The molecule has 0 bridgehead atoms. The molecule has 1 amide bonds. The van der Waals surface area contributed by atoms with Crippen molar-refractivity contribution in [3.63, 3.8) is 0 Å². The molecule has 0 spiro atoms.